The molecule has 0 radical (unpaired) electrons. The van der Waals surface area contributed by atoms with Crippen LogP contribution in [0.4, 0.5) is 0 Å². The first-order chi connectivity index (χ1) is 16.1. The Kier molecular flexibility index (Phi) is 7.63. The van der Waals surface area contributed by atoms with E-state index in [0.29, 0.717) is 40.8 Å². The van der Waals surface area contributed by atoms with Gasteiger partial charge < -0.3 is 23.8 Å². The zero-order valence-electron chi connectivity index (χ0n) is 20.0. The van der Waals surface area contributed by atoms with Crippen molar-refractivity contribution >= 4 is 5.91 Å². The first-order valence-corrected chi connectivity index (χ1v) is 12.0. The quantitative estimate of drug-likeness (QED) is 0.475. The number of rotatable bonds is 8. The summed E-state index contributed by atoms with van der Waals surface area (Å²) in [4.78, 5) is 15.8. The molecule has 0 bridgehead atoms. The van der Waals surface area contributed by atoms with Crippen LogP contribution in [-0.4, -0.2) is 44.2 Å². The van der Waals surface area contributed by atoms with Gasteiger partial charge in [-0.05, 0) is 49.9 Å². The van der Waals surface area contributed by atoms with Crippen molar-refractivity contribution in [3.05, 3.63) is 42.0 Å². The Morgan fingerprint density at radius 3 is 1.73 bits per heavy atom. The third kappa shape index (κ3) is 5.21. The largest absolute Gasteiger partial charge is 0.493 e. The fourth-order valence-corrected chi connectivity index (χ4v) is 5.24. The molecule has 0 N–H and O–H groups in total. The van der Waals surface area contributed by atoms with Gasteiger partial charge in [-0.3, -0.25) is 4.79 Å². The van der Waals surface area contributed by atoms with Gasteiger partial charge in [0.25, 0.3) is 5.91 Å². The Morgan fingerprint density at radius 1 is 0.727 bits per heavy atom. The van der Waals surface area contributed by atoms with E-state index in [2.05, 4.69) is 4.90 Å². The van der Waals surface area contributed by atoms with E-state index in [4.69, 9.17) is 18.9 Å². The van der Waals surface area contributed by atoms with E-state index < -0.39 is 0 Å². The van der Waals surface area contributed by atoms with E-state index in [1.807, 2.05) is 24.3 Å². The molecule has 6 nitrogen and oxygen atoms in total. The van der Waals surface area contributed by atoms with E-state index in [1.165, 1.54) is 32.1 Å². The van der Waals surface area contributed by atoms with Gasteiger partial charge in [0.2, 0.25) is 5.75 Å². The third-order valence-electron chi connectivity index (χ3n) is 6.90. The molecule has 0 atom stereocenters. The second-order valence-electron chi connectivity index (χ2n) is 8.93. The van der Waals surface area contributed by atoms with Crippen LogP contribution in [0.3, 0.4) is 0 Å². The summed E-state index contributed by atoms with van der Waals surface area (Å²) in [6.07, 6.45) is 10.7. The van der Waals surface area contributed by atoms with Crippen LogP contribution in [0, 0.1) is 0 Å². The molecule has 0 spiro atoms. The summed E-state index contributed by atoms with van der Waals surface area (Å²) in [5.41, 5.74) is 0.727. The van der Waals surface area contributed by atoms with Gasteiger partial charge >= 0.3 is 0 Å². The van der Waals surface area contributed by atoms with Crippen molar-refractivity contribution < 1.29 is 23.7 Å². The van der Waals surface area contributed by atoms with E-state index in [-0.39, 0.29) is 5.91 Å². The van der Waals surface area contributed by atoms with E-state index >= 15 is 0 Å². The highest BCUT2D eigenvalue weighted by atomic mass is 16.5. The van der Waals surface area contributed by atoms with Gasteiger partial charge in [0.15, 0.2) is 11.5 Å². The molecular formula is C27H35NO5. The minimum Gasteiger partial charge on any atom is -0.493 e. The Labute approximate surface area is 196 Å². The van der Waals surface area contributed by atoms with Crippen LogP contribution in [-0.2, 0) is 0 Å². The first-order valence-electron chi connectivity index (χ1n) is 12.0. The predicted molar refractivity (Wildman–Crippen MR) is 128 cm³/mol. The molecule has 2 fully saturated rings. The number of amides is 1. The lowest BCUT2D eigenvalue weighted by atomic mass is 9.92. The molecule has 2 aliphatic rings. The maximum atomic E-state index is 13.6. The van der Waals surface area contributed by atoms with Crippen LogP contribution in [0.2, 0.25) is 0 Å². The van der Waals surface area contributed by atoms with Gasteiger partial charge in [0.1, 0.15) is 11.5 Å². The molecule has 6 heteroatoms. The monoisotopic (exact) mass is 453 g/mol. The van der Waals surface area contributed by atoms with Crippen molar-refractivity contribution in [3.63, 3.8) is 0 Å². The molecule has 0 aromatic heterocycles. The van der Waals surface area contributed by atoms with Gasteiger partial charge in [0, 0.05) is 29.8 Å². The summed E-state index contributed by atoms with van der Waals surface area (Å²) >= 11 is 0. The third-order valence-corrected chi connectivity index (χ3v) is 6.90. The van der Waals surface area contributed by atoms with Crippen molar-refractivity contribution in [2.75, 3.05) is 21.3 Å². The van der Waals surface area contributed by atoms with Crippen molar-refractivity contribution in [2.24, 2.45) is 0 Å². The molecule has 0 heterocycles. The number of carbonyl (C=O) groups is 1. The number of benzene rings is 2. The molecule has 4 rings (SSSR count). The van der Waals surface area contributed by atoms with E-state index in [9.17, 15) is 4.79 Å². The Hall–Kier alpha value is -2.89. The smallest absolute Gasteiger partial charge is 0.254 e. The van der Waals surface area contributed by atoms with Gasteiger partial charge in [0.05, 0.1) is 21.3 Å². The molecular weight excluding hydrogens is 418 g/mol. The van der Waals surface area contributed by atoms with Crippen molar-refractivity contribution in [3.8, 4) is 28.7 Å². The maximum absolute atomic E-state index is 13.6. The molecule has 1 amide bonds. The average Bonchev–Trinajstić information content (AvgIpc) is 3.39. The number of hydrogen-bond donors (Lipinski definition) is 0. The Bertz CT molecular complexity index is 905. The van der Waals surface area contributed by atoms with E-state index in [0.717, 1.165) is 31.2 Å². The summed E-state index contributed by atoms with van der Waals surface area (Å²) in [6.45, 7) is 0. The van der Waals surface area contributed by atoms with Crippen molar-refractivity contribution in [1.82, 2.24) is 4.90 Å². The number of ether oxygens (including phenoxy) is 4. The minimum atomic E-state index is 0.160. The van der Waals surface area contributed by atoms with Gasteiger partial charge in [-0.1, -0.05) is 32.1 Å². The SMILES string of the molecule is COc1cc(Oc2ccc(C(=O)N(C3CCCCC3)C3CCCC3)cc2)cc(OC)c1OC. The lowest BCUT2D eigenvalue weighted by Gasteiger charge is -2.39. The molecule has 0 unspecified atom stereocenters. The molecule has 2 aromatic carbocycles. The average molecular weight is 454 g/mol. The molecule has 2 aromatic rings. The fraction of sp³-hybridized carbons (Fsp3) is 0.519. The Balaban J connectivity index is 1.52. The van der Waals surface area contributed by atoms with Crippen molar-refractivity contribution in [1.29, 1.82) is 0 Å². The standard InChI is InChI=1S/C27H35NO5/c1-30-24-17-23(18-25(31-2)26(24)32-3)33-22-15-13-19(14-16-22)27(29)28(21-11-7-8-12-21)20-9-5-4-6-10-20/h13-18,20-21H,4-12H2,1-3H3. The number of carbonyl (C=O) groups excluding carboxylic acids is 1. The molecule has 2 aliphatic carbocycles. The van der Waals surface area contributed by atoms with Crippen LogP contribution in [0.1, 0.15) is 68.1 Å². The molecule has 178 valence electrons. The zero-order valence-corrected chi connectivity index (χ0v) is 20.0. The summed E-state index contributed by atoms with van der Waals surface area (Å²) in [5, 5.41) is 0. The van der Waals surface area contributed by atoms with E-state index in [1.54, 1.807) is 33.5 Å². The first kappa shape index (κ1) is 23.3. The van der Waals surface area contributed by atoms with Gasteiger partial charge in [-0.2, -0.15) is 0 Å². The summed E-state index contributed by atoms with van der Waals surface area (Å²) in [7, 11) is 4.71. The van der Waals surface area contributed by atoms with Crippen LogP contribution in [0.5, 0.6) is 28.7 Å². The second-order valence-corrected chi connectivity index (χ2v) is 8.93. The fourth-order valence-electron chi connectivity index (χ4n) is 5.24. The predicted octanol–water partition coefficient (Wildman–Crippen LogP) is 6.22. The minimum absolute atomic E-state index is 0.160. The van der Waals surface area contributed by atoms with Crippen LogP contribution in [0.25, 0.3) is 0 Å². The summed E-state index contributed by atoms with van der Waals surface area (Å²) < 4.78 is 22.2. The molecule has 0 aliphatic heterocycles. The summed E-state index contributed by atoms with van der Waals surface area (Å²) in [5.74, 6) is 2.94. The lowest BCUT2D eigenvalue weighted by molar-refractivity contribution is 0.0518. The van der Waals surface area contributed by atoms with Crippen LogP contribution >= 0.6 is 0 Å². The second kappa shape index (κ2) is 10.8. The highest BCUT2D eigenvalue weighted by molar-refractivity contribution is 5.94. The zero-order chi connectivity index (χ0) is 23.2. The topological polar surface area (TPSA) is 57.2 Å². The maximum Gasteiger partial charge on any atom is 0.254 e. The Morgan fingerprint density at radius 2 is 1.24 bits per heavy atom. The highest BCUT2D eigenvalue weighted by Gasteiger charge is 2.33. The van der Waals surface area contributed by atoms with Gasteiger partial charge in [-0.25, -0.2) is 0 Å². The van der Waals surface area contributed by atoms with Crippen LogP contribution < -0.4 is 18.9 Å². The van der Waals surface area contributed by atoms with Crippen LogP contribution in [0.15, 0.2) is 36.4 Å². The molecule has 2 saturated carbocycles. The molecule has 0 saturated heterocycles. The van der Waals surface area contributed by atoms with Gasteiger partial charge in [-0.15, -0.1) is 0 Å². The number of methoxy groups -OCH3 is 3. The number of hydrogen-bond acceptors (Lipinski definition) is 5. The lowest BCUT2D eigenvalue weighted by Crippen LogP contribution is -2.47. The highest BCUT2D eigenvalue weighted by Crippen LogP contribution is 2.42. The molecule has 33 heavy (non-hydrogen) atoms. The normalized spacial score (nSPS) is 16.9. The summed E-state index contributed by atoms with van der Waals surface area (Å²) in [6, 6.07) is 11.7. The van der Waals surface area contributed by atoms with Crippen molar-refractivity contribution in [2.45, 2.75) is 69.9 Å². The number of nitrogens with zero attached hydrogens (tertiary/aromatic N) is 1.